The Morgan fingerprint density at radius 3 is 2.94 bits per heavy atom. The lowest BCUT2D eigenvalue weighted by Gasteiger charge is -2.31. The Labute approximate surface area is 104 Å². The molecule has 0 bridgehead atoms. The second-order valence-corrected chi connectivity index (χ2v) is 5.62. The number of carbonyl (C=O) groups excluding carboxylic acids is 1. The largest absolute Gasteiger partial charge is 0.352 e. The maximum absolute atomic E-state index is 12.2. The zero-order valence-corrected chi connectivity index (χ0v) is 10.7. The van der Waals surface area contributed by atoms with Gasteiger partial charge in [-0.25, -0.2) is 0 Å². The summed E-state index contributed by atoms with van der Waals surface area (Å²) >= 11 is 0. The summed E-state index contributed by atoms with van der Waals surface area (Å²) in [7, 11) is 0. The summed E-state index contributed by atoms with van der Waals surface area (Å²) in [6.45, 7) is 4.85. The second kappa shape index (κ2) is 5.83. The van der Waals surface area contributed by atoms with Crippen molar-refractivity contribution in [1.82, 2.24) is 10.6 Å². The number of amides is 1. The molecule has 4 nitrogen and oxygen atoms in total. The Hall–Kier alpha value is -0.610. The minimum absolute atomic E-state index is 0.161. The van der Waals surface area contributed by atoms with E-state index in [1.807, 2.05) is 0 Å². The fourth-order valence-corrected chi connectivity index (χ4v) is 3.14. The van der Waals surface area contributed by atoms with Gasteiger partial charge in [-0.3, -0.25) is 4.79 Å². The highest BCUT2D eigenvalue weighted by Crippen LogP contribution is 2.31. The minimum Gasteiger partial charge on any atom is -0.352 e. The molecule has 98 valence electrons. The normalized spacial score (nSPS) is 38.0. The highest BCUT2D eigenvalue weighted by atomic mass is 16.2. The predicted molar refractivity (Wildman–Crippen MR) is 68.5 cm³/mol. The average molecular weight is 239 g/mol. The van der Waals surface area contributed by atoms with Crippen molar-refractivity contribution in [2.45, 2.75) is 38.6 Å². The lowest BCUT2D eigenvalue weighted by Crippen LogP contribution is -2.52. The monoisotopic (exact) mass is 239 g/mol. The van der Waals surface area contributed by atoms with Gasteiger partial charge in [0.25, 0.3) is 0 Å². The molecular formula is C13H25N3O. The molecule has 0 radical (unpaired) electrons. The van der Waals surface area contributed by atoms with Gasteiger partial charge in [0.15, 0.2) is 0 Å². The summed E-state index contributed by atoms with van der Waals surface area (Å²) in [6.07, 6.45) is 4.43. The molecule has 2 aliphatic rings. The number of rotatable bonds is 3. The molecule has 0 aromatic heterocycles. The van der Waals surface area contributed by atoms with Crippen LogP contribution < -0.4 is 16.4 Å². The van der Waals surface area contributed by atoms with Crippen molar-refractivity contribution in [3.8, 4) is 0 Å². The van der Waals surface area contributed by atoms with E-state index in [1.165, 1.54) is 0 Å². The number of carbonyl (C=O) groups is 1. The molecule has 1 aliphatic carbocycles. The number of hydrogen-bond acceptors (Lipinski definition) is 3. The summed E-state index contributed by atoms with van der Waals surface area (Å²) in [5.74, 6) is 1.38. The number of hydrogen-bond donors (Lipinski definition) is 3. The summed E-state index contributed by atoms with van der Waals surface area (Å²) in [6, 6.07) is 0.301. The molecule has 0 spiro atoms. The highest BCUT2D eigenvalue weighted by molar-refractivity contribution is 5.79. The first kappa shape index (κ1) is 12.8. The first-order valence-corrected chi connectivity index (χ1v) is 6.93. The molecule has 1 saturated heterocycles. The SMILES string of the molecule is CC1CCNCC1NC(=O)[C@@H]1CCC[C@@H]1CN. The fraction of sp³-hybridized carbons (Fsp3) is 0.923. The molecule has 1 heterocycles. The minimum atomic E-state index is 0.161. The van der Waals surface area contributed by atoms with Crippen LogP contribution in [-0.2, 0) is 4.79 Å². The number of piperidine rings is 1. The molecule has 4 heteroatoms. The van der Waals surface area contributed by atoms with E-state index >= 15 is 0 Å². The maximum Gasteiger partial charge on any atom is 0.223 e. The van der Waals surface area contributed by atoms with Crippen LogP contribution in [0, 0.1) is 17.8 Å². The van der Waals surface area contributed by atoms with E-state index in [2.05, 4.69) is 17.6 Å². The highest BCUT2D eigenvalue weighted by Gasteiger charge is 2.33. The second-order valence-electron chi connectivity index (χ2n) is 5.62. The Bertz CT molecular complexity index is 269. The molecule has 4 N–H and O–H groups in total. The Morgan fingerprint density at radius 1 is 1.41 bits per heavy atom. The lowest BCUT2D eigenvalue weighted by atomic mass is 9.91. The van der Waals surface area contributed by atoms with Gasteiger partial charge in [0, 0.05) is 18.5 Å². The Balaban J connectivity index is 1.87. The van der Waals surface area contributed by atoms with Crippen molar-refractivity contribution < 1.29 is 4.79 Å². The van der Waals surface area contributed by atoms with Gasteiger partial charge in [0.05, 0.1) is 0 Å². The molecule has 17 heavy (non-hydrogen) atoms. The van der Waals surface area contributed by atoms with Crippen molar-refractivity contribution in [3.63, 3.8) is 0 Å². The van der Waals surface area contributed by atoms with Gasteiger partial charge in [-0.1, -0.05) is 13.3 Å². The maximum atomic E-state index is 12.2. The van der Waals surface area contributed by atoms with Crippen LogP contribution in [0.25, 0.3) is 0 Å². The van der Waals surface area contributed by atoms with E-state index in [0.29, 0.717) is 24.4 Å². The van der Waals surface area contributed by atoms with Gasteiger partial charge in [-0.2, -0.15) is 0 Å². The first-order valence-electron chi connectivity index (χ1n) is 6.93. The van der Waals surface area contributed by atoms with E-state index in [4.69, 9.17) is 5.73 Å². The van der Waals surface area contributed by atoms with Gasteiger partial charge < -0.3 is 16.4 Å². The third kappa shape index (κ3) is 2.99. The predicted octanol–water partition coefficient (Wildman–Crippen LogP) is 0.476. The van der Waals surface area contributed by atoms with E-state index in [-0.39, 0.29) is 11.8 Å². The van der Waals surface area contributed by atoms with Gasteiger partial charge in [-0.05, 0) is 44.2 Å². The zero-order valence-electron chi connectivity index (χ0n) is 10.7. The number of nitrogens with one attached hydrogen (secondary N) is 2. The van der Waals surface area contributed by atoms with Crippen LogP contribution in [-0.4, -0.2) is 31.6 Å². The third-order valence-electron chi connectivity index (χ3n) is 4.45. The molecule has 2 fully saturated rings. The summed E-state index contributed by atoms with van der Waals surface area (Å²) in [4.78, 5) is 12.2. The first-order chi connectivity index (χ1) is 8.22. The number of nitrogens with two attached hydrogens (primary N) is 1. The summed E-state index contributed by atoms with van der Waals surface area (Å²) < 4.78 is 0. The standard InChI is InChI=1S/C13H25N3O/c1-9-5-6-15-8-12(9)16-13(17)11-4-2-3-10(11)7-14/h9-12,15H,2-8,14H2,1H3,(H,16,17)/t9?,10-,11-,12?/m1/s1. The molecule has 4 atom stereocenters. The molecule has 1 aliphatic heterocycles. The van der Waals surface area contributed by atoms with Crippen LogP contribution in [0.5, 0.6) is 0 Å². The molecule has 1 amide bonds. The zero-order chi connectivity index (χ0) is 12.3. The summed E-state index contributed by atoms with van der Waals surface area (Å²) in [5, 5.41) is 6.56. The van der Waals surface area contributed by atoms with Crippen LogP contribution in [0.15, 0.2) is 0 Å². The van der Waals surface area contributed by atoms with E-state index in [9.17, 15) is 4.79 Å². The third-order valence-corrected chi connectivity index (χ3v) is 4.45. The molecule has 0 aromatic rings. The van der Waals surface area contributed by atoms with Crippen LogP contribution in [0.1, 0.15) is 32.6 Å². The molecule has 2 unspecified atom stereocenters. The van der Waals surface area contributed by atoms with Gasteiger partial charge in [0.2, 0.25) is 5.91 Å². The molecule has 1 saturated carbocycles. The molecule has 2 rings (SSSR count). The topological polar surface area (TPSA) is 67.1 Å². The Morgan fingerprint density at radius 2 is 2.24 bits per heavy atom. The molecule has 0 aromatic carbocycles. The fourth-order valence-electron chi connectivity index (χ4n) is 3.14. The van der Waals surface area contributed by atoms with Crippen molar-refractivity contribution in [2.24, 2.45) is 23.5 Å². The van der Waals surface area contributed by atoms with E-state index in [1.54, 1.807) is 0 Å². The van der Waals surface area contributed by atoms with E-state index in [0.717, 1.165) is 38.8 Å². The quantitative estimate of drug-likeness (QED) is 0.671. The van der Waals surface area contributed by atoms with Gasteiger partial charge in [0.1, 0.15) is 0 Å². The van der Waals surface area contributed by atoms with Crippen LogP contribution in [0.2, 0.25) is 0 Å². The Kier molecular flexibility index (Phi) is 4.40. The van der Waals surface area contributed by atoms with Crippen molar-refractivity contribution in [2.75, 3.05) is 19.6 Å². The van der Waals surface area contributed by atoms with Crippen molar-refractivity contribution in [3.05, 3.63) is 0 Å². The summed E-state index contributed by atoms with van der Waals surface area (Å²) in [5.41, 5.74) is 5.73. The van der Waals surface area contributed by atoms with Crippen molar-refractivity contribution in [1.29, 1.82) is 0 Å². The average Bonchev–Trinajstić information content (AvgIpc) is 2.80. The lowest BCUT2D eigenvalue weighted by molar-refractivity contribution is -0.127. The van der Waals surface area contributed by atoms with Gasteiger partial charge in [-0.15, -0.1) is 0 Å². The van der Waals surface area contributed by atoms with Crippen LogP contribution in [0.3, 0.4) is 0 Å². The smallest absolute Gasteiger partial charge is 0.223 e. The molecular weight excluding hydrogens is 214 g/mol. The van der Waals surface area contributed by atoms with Crippen molar-refractivity contribution >= 4 is 5.91 Å². The van der Waals surface area contributed by atoms with Crippen LogP contribution in [0.4, 0.5) is 0 Å². The van der Waals surface area contributed by atoms with E-state index < -0.39 is 0 Å². The van der Waals surface area contributed by atoms with Crippen LogP contribution >= 0.6 is 0 Å². The van der Waals surface area contributed by atoms with Gasteiger partial charge >= 0.3 is 0 Å².